The highest BCUT2D eigenvalue weighted by atomic mass is 31.2. The number of rotatable bonds is 4. The molecule has 21 heavy (non-hydrogen) atoms. The van der Waals surface area contributed by atoms with E-state index >= 15 is 0 Å². The molecular weight excluding hydrogens is 287 g/mol. The number of benzene rings is 1. The molecule has 118 valence electrons. The van der Waals surface area contributed by atoms with Crippen LogP contribution in [-0.4, -0.2) is 9.79 Å². The minimum absolute atomic E-state index is 0.0542. The third kappa shape index (κ3) is 4.99. The van der Waals surface area contributed by atoms with Crippen molar-refractivity contribution in [2.75, 3.05) is 0 Å². The molecule has 2 N–H and O–H groups in total. The minimum Gasteiger partial charge on any atom is -0.404 e. The van der Waals surface area contributed by atoms with E-state index in [0.29, 0.717) is 0 Å². The molecule has 0 aliphatic rings. The van der Waals surface area contributed by atoms with Gasteiger partial charge in [-0.2, -0.15) is 0 Å². The van der Waals surface area contributed by atoms with Crippen molar-refractivity contribution >= 4 is 7.82 Å². The summed E-state index contributed by atoms with van der Waals surface area (Å²) in [6, 6.07) is 5.45. The SMILES string of the molecule is CC=CC(C)(C)c1cc(C(C)(C)C)ccc1OP(=O)(O)O. The van der Waals surface area contributed by atoms with Crippen LogP contribution in [0.15, 0.2) is 30.4 Å². The standard InChI is InChI=1S/C16H25O4P/c1-7-10-16(5,6)13-11-12(15(2,3)4)8-9-14(13)20-21(17,18)19/h7-11H,1-6H3,(H2,17,18,19). The first-order valence-corrected chi connectivity index (χ1v) is 8.44. The van der Waals surface area contributed by atoms with Crippen molar-refractivity contribution in [3.8, 4) is 5.75 Å². The zero-order valence-electron chi connectivity index (χ0n) is 13.5. The lowest BCUT2D eigenvalue weighted by molar-refractivity contribution is 0.281. The van der Waals surface area contributed by atoms with Crippen LogP contribution >= 0.6 is 7.82 Å². The first-order chi connectivity index (χ1) is 9.37. The summed E-state index contributed by atoms with van der Waals surface area (Å²) >= 11 is 0. The fourth-order valence-corrected chi connectivity index (χ4v) is 2.63. The largest absolute Gasteiger partial charge is 0.524 e. The second-order valence-electron chi connectivity index (χ2n) is 6.76. The molecule has 0 saturated heterocycles. The van der Waals surface area contributed by atoms with Gasteiger partial charge < -0.3 is 4.52 Å². The Morgan fingerprint density at radius 2 is 1.71 bits per heavy atom. The topological polar surface area (TPSA) is 66.8 Å². The molecule has 0 heterocycles. The Balaban J connectivity index is 3.49. The first-order valence-electron chi connectivity index (χ1n) is 6.91. The summed E-state index contributed by atoms with van der Waals surface area (Å²) < 4.78 is 16.0. The van der Waals surface area contributed by atoms with Gasteiger partial charge in [-0.15, -0.1) is 0 Å². The summed E-state index contributed by atoms with van der Waals surface area (Å²) in [6.45, 7) is 12.2. The molecule has 0 unspecified atom stereocenters. The van der Waals surface area contributed by atoms with Crippen LogP contribution < -0.4 is 4.52 Å². The Morgan fingerprint density at radius 3 is 2.14 bits per heavy atom. The van der Waals surface area contributed by atoms with Crippen LogP contribution in [0.4, 0.5) is 0 Å². The second-order valence-corrected chi connectivity index (χ2v) is 7.93. The van der Waals surface area contributed by atoms with Gasteiger partial charge in [0.05, 0.1) is 0 Å². The highest BCUT2D eigenvalue weighted by molar-refractivity contribution is 7.46. The fraction of sp³-hybridized carbons (Fsp3) is 0.500. The normalized spacial score (nSPS) is 13.7. The number of allylic oxidation sites excluding steroid dienone is 2. The molecule has 0 bridgehead atoms. The molecule has 0 radical (unpaired) electrons. The maximum atomic E-state index is 11.2. The van der Waals surface area contributed by atoms with Gasteiger partial charge in [0.15, 0.2) is 0 Å². The Hall–Kier alpha value is -1.09. The van der Waals surface area contributed by atoms with Crippen molar-refractivity contribution < 1.29 is 18.9 Å². The summed E-state index contributed by atoms with van der Waals surface area (Å²) in [6.07, 6.45) is 3.91. The molecule has 0 fully saturated rings. The summed E-state index contributed by atoms with van der Waals surface area (Å²) in [5.41, 5.74) is 1.41. The second kappa shape index (κ2) is 5.96. The van der Waals surface area contributed by atoms with Crippen molar-refractivity contribution in [3.05, 3.63) is 41.5 Å². The van der Waals surface area contributed by atoms with Gasteiger partial charge in [-0.1, -0.05) is 58.9 Å². The Kier molecular flexibility index (Phi) is 5.09. The molecule has 0 aliphatic carbocycles. The number of hydrogen-bond donors (Lipinski definition) is 2. The van der Waals surface area contributed by atoms with E-state index in [0.717, 1.165) is 11.1 Å². The van der Waals surface area contributed by atoms with Gasteiger partial charge in [0, 0.05) is 11.0 Å². The van der Waals surface area contributed by atoms with E-state index in [1.54, 1.807) is 6.07 Å². The summed E-state index contributed by atoms with van der Waals surface area (Å²) in [7, 11) is -4.58. The molecule has 0 amide bonds. The highest BCUT2D eigenvalue weighted by Crippen LogP contribution is 2.44. The van der Waals surface area contributed by atoms with E-state index in [-0.39, 0.29) is 16.6 Å². The first kappa shape index (κ1) is 18.0. The lowest BCUT2D eigenvalue weighted by Gasteiger charge is -2.28. The summed E-state index contributed by atoms with van der Waals surface area (Å²) in [5, 5.41) is 0. The van der Waals surface area contributed by atoms with E-state index in [1.165, 1.54) is 0 Å². The highest BCUT2D eigenvalue weighted by Gasteiger charge is 2.27. The van der Waals surface area contributed by atoms with Crippen LogP contribution in [0.5, 0.6) is 5.75 Å². The van der Waals surface area contributed by atoms with E-state index in [1.807, 2.05) is 45.1 Å². The number of phosphoric ester groups is 1. The van der Waals surface area contributed by atoms with Crippen molar-refractivity contribution in [1.29, 1.82) is 0 Å². The fourth-order valence-electron chi connectivity index (χ4n) is 2.21. The molecule has 4 nitrogen and oxygen atoms in total. The van der Waals surface area contributed by atoms with Crippen LogP contribution in [0.3, 0.4) is 0 Å². The maximum Gasteiger partial charge on any atom is 0.524 e. The average Bonchev–Trinajstić information content (AvgIpc) is 2.25. The zero-order valence-corrected chi connectivity index (χ0v) is 14.4. The molecule has 5 heteroatoms. The molecule has 1 aromatic rings. The monoisotopic (exact) mass is 312 g/mol. The maximum absolute atomic E-state index is 11.2. The van der Waals surface area contributed by atoms with Crippen molar-refractivity contribution in [3.63, 3.8) is 0 Å². The third-order valence-corrected chi connectivity index (χ3v) is 3.77. The van der Waals surface area contributed by atoms with Crippen LogP contribution in [0.25, 0.3) is 0 Å². The van der Waals surface area contributed by atoms with Crippen LogP contribution in [0.1, 0.15) is 52.7 Å². The van der Waals surface area contributed by atoms with Gasteiger partial charge in [0.1, 0.15) is 5.75 Å². The molecule has 1 aromatic carbocycles. The van der Waals surface area contributed by atoms with Crippen molar-refractivity contribution in [2.24, 2.45) is 0 Å². The van der Waals surface area contributed by atoms with E-state index in [2.05, 4.69) is 20.8 Å². The predicted octanol–water partition coefficient (Wildman–Crippen LogP) is 4.31. The third-order valence-electron chi connectivity index (χ3n) is 3.34. The molecule has 0 atom stereocenters. The van der Waals surface area contributed by atoms with E-state index < -0.39 is 7.82 Å². The molecule has 1 rings (SSSR count). The number of hydrogen-bond acceptors (Lipinski definition) is 2. The summed E-state index contributed by atoms with van der Waals surface area (Å²) in [4.78, 5) is 18.2. The van der Waals surface area contributed by atoms with Gasteiger partial charge in [0.25, 0.3) is 0 Å². The Bertz CT molecular complexity index is 576. The molecule has 0 aromatic heterocycles. The lowest BCUT2D eigenvalue weighted by Crippen LogP contribution is -2.18. The van der Waals surface area contributed by atoms with Crippen LogP contribution in [0, 0.1) is 0 Å². The van der Waals surface area contributed by atoms with Crippen molar-refractivity contribution in [2.45, 2.75) is 52.4 Å². The quantitative estimate of drug-likeness (QED) is 0.642. The molecular formula is C16H25O4P. The molecule has 0 spiro atoms. The average molecular weight is 312 g/mol. The minimum atomic E-state index is -4.58. The Morgan fingerprint density at radius 1 is 1.14 bits per heavy atom. The van der Waals surface area contributed by atoms with E-state index in [4.69, 9.17) is 14.3 Å². The van der Waals surface area contributed by atoms with Gasteiger partial charge in [-0.25, -0.2) is 4.57 Å². The van der Waals surface area contributed by atoms with Gasteiger partial charge in [-0.05, 0) is 24.0 Å². The summed E-state index contributed by atoms with van der Waals surface area (Å²) in [5.74, 6) is 0.222. The van der Waals surface area contributed by atoms with Gasteiger partial charge in [0.2, 0.25) is 0 Å². The predicted molar refractivity (Wildman–Crippen MR) is 85.7 cm³/mol. The number of phosphoric acid groups is 1. The molecule has 0 saturated carbocycles. The molecule has 0 aliphatic heterocycles. The Labute approximate surface area is 127 Å². The van der Waals surface area contributed by atoms with Crippen LogP contribution in [-0.2, 0) is 15.4 Å². The van der Waals surface area contributed by atoms with Gasteiger partial charge >= 0.3 is 7.82 Å². The van der Waals surface area contributed by atoms with Gasteiger partial charge in [-0.3, -0.25) is 9.79 Å². The smallest absolute Gasteiger partial charge is 0.404 e. The zero-order chi connectivity index (χ0) is 16.5. The van der Waals surface area contributed by atoms with Crippen LogP contribution in [0.2, 0.25) is 0 Å². The lowest BCUT2D eigenvalue weighted by atomic mass is 9.79. The van der Waals surface area contributed by atoms with E-state index in [9.17, 15) is 4.57 Å². The van der Waals surface area contributed by atoms with Crippen molar-refractivity contribution in [1.82, 2.24) is 0 Å².